The normalized spacial score (nSPS) is 10.8. The van der Waals surface area contributed by atoms with Crippen LogP contribution in [0.5, 0.6) is 0 Å². The van der Waals surface area contributed by atoms with E-state index in [9.17, 15) is 13.2 Å². The Kier molecular flexibility index (Phi) is 3.19. The molecule has 1 aromatic carbocycles. The van der Waals surface area contributed by atoms with Crippen molar-refractivity contribution >= 4 is 27.6 Å². The van der Waals surface area contributed by atoms with Crippen molar-refractivity contribution in [2.24, 2.45) is 5.14 Å². The van der Waals surface area contributed by atoms with Gasteiger partial charge in [0.05, 0.1) is 16.1 Å². The van der Waals surface area contributed by atoms with Crippen LogP contribution in [0.3, 0.4) is 0 Å². The molecule has 0 amide bonds. The van der Waals surface area contributed by atoms with E-state index in [1.807, 2.05) is 0 Å². The Bertz CT molecular complexity index is 603. The third-order valence-electron chi connectivity index (χ3n) is 1.73. The van der Waals surface area contributed by atoms with E-state index in [1.54, 1.807) is 6.07 Å². The highest BCUT2D eigenvalue weighted by atomic mass is 35.5. The van der Waals surface area contributed by atoms with Crippen molar-refractivity contribution in [1.82, 2.24) is 0 Å². The molecule has 0 saturated carbocycles. The van der Waals surface area contributed by atoms with E-state index in [-0.39, 0.29) is 10.6 Å². The zero-order valence-electron chi connectivity index (χ0n) is 7.64. The lowest BCUT2D eigenvalue weighted by Gasteiger charge is -2.04. The molecule has 0 fully saturated rings. The number of carbonyl (C=O) groups is 1. The van der Waals surface area contributed by atoms with E-state index >= 15 is 0 Å². The summed E-state index contributed by atoms with van der Waals surface area (Å²) in [6.45, 7) is 0. The Morgan fingerprint density at radius 3 is 2.44 bits per heavy atom. The van der Waals surface area contributed by atoms with Gasteiger partial charge in [0.1, 0.15) is 11.0 Å². The van der Waals surface area contributed by atoms with Gasteiger partial charge in [-0.05, 0) is 12.1 Å². The summed E-state index contributed by atoms with van der Waals surface area (Å²) in [7, 11) is -4.12. The molecule has 0 bridgehead atoms. The van der Waals surface area contributed by atoms with Crippen LogP contribution in [0.1, 0.15) is 15.9 Å². The van der Waals surface area contributed by atoms with Crippen molar-refractivity contribution in [3.05, 3.63) is 28.3 Å². The number of nitriles is 1. The predicted molar refractivity (Wildman–Crippen MR) is 54.5 cm³/mol. The number of hydrogen-bond acceptors (Lipinski definition) is 4. The highest BCUT2D eigenvalue weighted by molar-refractivity contribution is 7.89. The first-order chi connectivity index (χ1) is 7.27. The summed E-state index contributed by atoms with van der Waals surface area (Å²) in [6, 6.07) is 3.31. The SMILES string of the molecule is N#Cc1cc(Cl)c(S(N)(=O)=O)cc1C(=O)O. The quantitative estimate of drug-likeness (QED) is 0.804. The molecule has 1 aromatic rings. The number of aromatic carboxylic acids is 1. The average Bonchev–Trinajstić information content (AvgIpc) is 2.14. The van der Waals surface area contributed by atoms with E-state index in [0.29, 0.717) is 0 Å². The van der Waals surface area contributed by atoms with E-state index in [2.05, 4.69) is 0 Å². The number of halogens is 1. The molecule has 6 nitrogen and oxygen atoms in total. The molecule has 0 aliphatic heterocycles. The van der Waals surface area contributed by atoms with Crippen LogP contribution in [0.4, 0.5) is 0 Å². The second-order valence-corrected chi connectivity index (χ2v) is 4.73. The van der Waals surface area contributed by atoms with E-state index in [4.69, 9.17) is 27.1 Å². The summed E-state index contributed by atoms with van der Waals surface area (Å²) in [4.78, 5) is 10.2. The molecule has 0 atom stereocenters. The first kappa shape index (κ1) is 12.4. The minimum atomic E-state index is -4.12. The maximum Gasteiger partial charge on any atom is 0.337 e. The topological polar surface area (TPSA) is 121 Å². The number of sulfonamides is 1. The largest absolute Gasteiger partial charge is 0.478 e. The molecule has 0 unspecified atom stereocenters. The highest BCUT2D eigenvalue weighted by Crippen LogP contribution is 2.24. The lowest BCUT2D eigenvalue weighted by atomic mass is 10.1. The molecule has 8 heteroatoms. The monoisotopic (exact) mass is 260 g/mol. The van der Waals surface area contributed by atoms with Crippen LogP contribution in [0.15, 0.2) is 17.0 Å². The van der Waals surface area contributed by atoms with Gasteiger partial charge in [0.15, 0.2) is 0 Å². The summed E-state index contributed by atoms with van der Waals surface area (Å²) >= 11 is 5.57. The van der Waals surface area contributed by atoms with Crippen LogP contribution in [0.2, 0.25) is 5.02 Å². The highest BCUT2D eigenvalue weighted by Gasteiger charge is 2.19. The van der Waals surface area contributed by atoms with Gasteiger partial charge < -0.3 is 5.11 Å². The van der Waals surface area contributed by atoms with Crippen LogP contribution in [-0.2, 0) is 10.0 Å². The van der Waals surface area contributed by atoms with Gasteiger partial charge in [0, 0.05) is 0 Å². The number of rotatable bonds is 2. The first-order valence-corrected chi connectivity index (χ1v) is 5.69. The minimum Gasteiger partial charge on any atom is -0.478 e. The number of benzene rings is 1. The van der Waals surface area contributed by atoms with Gasteiger partial charge in [-0.3, -0.25) is 0 Å². The maximum absolute atomic E-state index is 11.0. The molecular weight excluding hydrogens is 256 g/mol. The van der Waals surface area contributed by atoms with Crippen molar-refractivity contribution < 1.29 is 18.3 Å². The summed E-state index contributed by atoms with van der Waals surface area (Å²) in [5, 5.41) is 21.9. The van der Waals surface area contributed by atoms with Gasteiger partial charge in [-0.25, -0.2) is 18.4 Å². The van der Waals surface area contributed by atoms with Gasteiger partial charge in [0.25, 0.3) is 0 Å². The van der Waals surface area contributed by atoms with Crippen molar-refractivity contribution in [2.75, 3.05) is 0 Å². The maximum atomic E-state index is 11.0. The Labute approximate surface area is 95.9 Å². The molecule has 1 rings (SSSR count). The van der Waals surface area contributed by atoms with Crippen molar-refractivity contribution in [1.29, 1.82) is 5.26 Å². The molecule has 16 heavy (non-hydrogen) atoms. The van der Waals surface area contributed by atoms with Crippen LogP contribution < -0.4 is 5.14 Å². The molecule has 3 N–H and O–H groups in total. The Hall–Kier alpha value is -1.62. The summed E-state index contributed by atoms with van der Waals surface area (Å²) in [5.41, 5.74) is -0.694. The van der Waals surface area contributed by atoms with Gasteiger partial charge in [-0.1, -0.05) is 11.6 Å². The Morgan fingerprint density at radius 1 is 1.50 bits per heavy atom. The molecule has 0 spiro atoms. The third-order valence-corrected chi connectivity index (χ3v) is 3.11. The number of carboxylic acids is 1. The fourth-order valence-electron chi connectivity index (χ4n) is 1.04. The fraction of sp³-hybridized carbons (Fsp3) is 0. The zero-order valence-corrected chi connectivity index (χ0v) is 9.21. The van der Waals surface area contributed by atoms with Crippen LogP contribution in [0, 0.1) is 11.3 Å². The standard InChI is InChI=1S/C8H5ClN2O4S/c9-6-1-4(3-10)5(8(12)13)2-7(6)16(11,14)15/h1-2H,(H,12,13)(H2,11,14,15). The van der Waals surface area contributed by atoms with Crippen LogP contribution in [0.25, 0.3) is 0 Å². The summed E-state index contributed by atoms with van der Waals surface area (Å²) < 4.78 is 22.1. The third kappa shape index (κ3) is 2.30. The van der Waals surface area contributed by atoms with Gasteiger partial charge in [-0.2, -0.15) is 5.26 Å². The van der Waals surface area contributed by atoms with Crippen LogP contribution in [-0.4, -0.2) is 19.5 Å². The van der Waals surface area contributed by atoms with Crippen molar-refractivity contribution in [2.45, 2.75) is 4.90 Å². The molecular formula is C8H5ClN2O4S. The average molecular weight is 261 g/mol. The molecule has 0 aromatic heterocycles. The number of nitrogens with two attached hydrogens (primary N) is 1. The lowest BCUT2D eigenvalue weighted by Crippen LogP contribution is -2.14. The summed E-state index contributed by atoms with van der Waals surface area (Å²) in [6.07, 6.45) is 0. The minimum absolute atomic E-state index is 0.232. The van der Waals surface area contributed by atoms with Crippen molar-refractivity contribution in [3.8, 4) is 6.07 Å². The molecule has 84 valence electrons. The van der Waals surface area contributed by atoms with E-state index in [1.165, 1.54) is 0 Å². The fourth-order valence-corrected chi connectivity index (χ4v) is 2.14. The number of primary sulfonamides is 1. The first-order valence-electron chi connectivity index (χ1n) is 3.77. The molecule has 0 aliphatic rings. The van der Waals surface area contributed by atoms with E-state index in [0.717, 1.165) is 12.1 Å². The van der Waals surface area contributed by atoms with Crippen molar-refractivity contribution in [3.63, 3.8) is 0 Å². The predicted octanol–water partition coefficient (Wildman–Crippen LogP) is 0.557. The van der Waals surface area contributed by atoms with Crippen LogP contribution >= 0.6 is 11.6 Å². The second-order valence-electron chi connectivity index (χ2n) is 2.79. The molecule has 0 radical (unpaired) electrons. The zero-order chi connectivity index (χ0) is 12.5. The molecule has 0 saturated heterocycles. The summed E-state index contributed by atoms with van der Waals surface area (Å²) in [5.74, 6) is -1.43. The number of hydrogen-bond donors (Lipinski definition) is 2. The lowest BCUT2D eigenvalue weighted by molar-refractivity contribution is 0.0696. The smallest absolute Gasteiger partial charge is 0.337 e. The van der Waals surface area contributed by atoms with Gasteiger partial charge in [0.2, 0.25) is 10.0 Å². The van der Waals surface area contributed by atoms with E-state index < -0.39 is 26.5 Å². The number of carboxylic acid groups (broad SMARTS) is 1. The molecule has 0 aliphatic carbocycles. The second kappa shape index (κ2) is 4.09. The van der Waals surface area contributed by atoms with Gasteiger partial charge in [-0.15, -0.1) is 0 Å². The van der Waals surface area contributed by atoms with Gasteiger partial charge >= 0.3 is 5.97 Å². The molecule has 0 heterocycles. The number of nitrogens with zero attached hydrogens (tertiary/aromatic N) is 1. The Balaban J connectivity index is 3.67. The Morgan fingerprint density at radius 2 is 2.06 bits per heavy atom.